The van der Waals surface area contributed by atoms with E-state index in [1.54, 1.807) is 0 Å². The van der Waals surface area contributed by atoms with Crippen molar-refractivity contribution in [2.75, 3.05) is 11.9 Å². The molecule has 96 valence electrons. The van der Waals surface area contributed by atoms with Gasteiger partial charge in [-0.15, -0.1) is 0 Å². The van der Waals surface area contributed by atoms with Gasteiger partial charge in [-0.3, -0.25) is 4.79 Å². The summed E-state index contributed by atoms with van der Waals surface area (Å²) in [5, 5.41) is 3.40. The van der Waals surface area contributed by atoms with Crippen molar-refractivity contribution in [2.45, 2.75) is 44.9 Å². The minimum Gasteiger partial charge on any atom is -0.385 e. The van der Waals surface area contributed by atoms with Crippen molar-refractivity contribution in [2.24, 2.45) is 5.92 Å². The van der Waals surface area contributed by atoms with Crippen molar-refractivity contribution in [3.8, 4) is 0 Å². The third-order valence-electron chi connectivity index (χ3n) is 4.30. The fourth-order valence-electron chi connectivity index (χ4n) is 3.23. The highest BCUT2D eigenvalue weighted by Crippen LogP contribution is 2.29. The van der Waals surface area contributed by atoms with Crippen LogP contribution in [0.25, 0.3) is 0 Å². The second-order valence-electron chi connectivity index (χ2n) is 5.60. The molecule has 0 unspecified atom stereocenters. The lowest BCUT2D eigenvalue weighted by atomic mass is 9.83. The Bertz CT molecular complexity index is 446. The molecule has 2 heteroatoms. The summed E-state index contributed by atoms with van der Waals surface area (Å²) in [4.78, 5) is 12.5. The molecule has 1 aliphatic carbocycles. The molecule has 0 amide bonds. The van der Waals surface area contributed by atoms with Gasteiger partial charge in [0.05, 0.1) is 0 Å². The highest BCUT2D eigenvalue weighted by molar-refractivity contribution is 5.98. The molecule has 3 rings (SSSR count). The Labute approximate surface area is 109 Å². The number of hydrogen-bond acceptors (Lipinski definition) is 2. The Balaban J connectivity index is 1.80. The second kappa shape index (κ2) is 5.13. The second-order valence-corrected chi connectivity index (χ2v) is 5.60. The number of ketones is 1. The highest BCUT2D eigenvalue weighted by atomic mass is 16.1. The van der Waals surface area contributed by atoms with Gasteiger partial charge < -0.3 is 5.32 Å². The van der Waals surface area contributed by atoms with Crippen LogP contribution in [0.2, 0.25) is 0 Å². The Morgan fingerprint density at radius 2 is 1.94 bits per heavy atom. The zero-order valence-electron chi connectivity index (χ0n) is 10.9. The van der Waals surface area contributed by atoms with Crippen LogP contribution in [0.15, 0.2) is 18.2 Å². The fraction of sp³-hybridized carbons (Fsp3) is 0.562. The molecule has 1 N–H and O–H groups in total. The third kappa shape index (κ3) is 2.29. The number of hydrogen-bond donors (Lipinski definition) is 1. The van der Waals surface area contributed by atoms with Crippen molar-refractivity contribution < 1.29 is 4.79 Å². The molecule has 0 saturated heterocycles. The molecule has 0 radical (unpaired) electrons. The van der Waals surface area contributed by atoms with Crippen LogP contribution in [-0.2, 0) is 6.42 Å². The molecular weight excluding hydrogens is 222 g/mol. The minimum atomic E-state index is 0.286. The van der Waals surface area contributed by atoms with Gasteiger partial charge in [0.1, 0.15) is 0 Å². The highest BCUT2D eigenvalue weighted by Gasteiger charge is 2.23. The number of fused-ring (bicyclic) bond motifs is 1. The van der Waals surface area contributed by atoms with Crippen LogP contribution in [-0.4, -0.2) is 12.3 Å². The van der Waals surface area contributed by atoms with Gasteiger partial charge in [-0.25, -0.2) is 0 Å². The lowest BCUT2D eigenvalue weighted by Crippen LogP contribution is -2.19. The maximum absolute atomic E-state index is 12.5. The van der Waals surface area contributed by atoms with Crippen LogP contribution >= 0.6 is 0 Å². The Hall–Kier alpha value is -1.31. The number of carbonyl (C=O) groups excluding carboxylic acids is 1. The van der Waals surface area contributed by atoms with Crippen molar-refractivity contribution in [1.82, 2.24) is 0 Å². The number of benzene rings is 1. The summed E-state index contributed by atoms with van der Waals surface area (Å²) >= 11 is 0. The topological polar surface area (TPSA) is 29.1 Å². The van der Waals surface area contributed by atoms with E-state index in [1.165, 1.54) is 36.9 Å². The summed E-state index contributed by atoms with van der Waals surface area (Å²) in [6.45, 7) is 1.06. The van der Waals surface area contributed by atoms with E-state index in [-0.39, 0.29) is 5.92 Å². The van der Waals surface area contributed by atoms with Gasteiger partial charge in [-0.1, -0.05) is 19.3 Å². The minimum absolute atomic E-state index is 0.286. The van der Waals surface area contributed by atoms with E-state index in [0.29, 0.717) is 5.78 Å². The summed E-state index contributed by atoms with van der Waals surface area (Å²) in [5.41, 5.74) is 3.48. The first-order chi connectivity index (χ1) is 8.84. The number of Topliss-reactive ketones (excluding diaryl/α,β-unsaturated/α-hetero) is 1. The smallest absolute Gasteiger partial charge is 0.165 e. The van der Waals surface area contributed by atoms with E-state index >= 15 is 0 Å². The number of aryl methyl sites for hydroxylation is 1. The molecule has 2 aliphatic rings. The van der Waals surface area contributed by atoms with Gasteiger partial charge in [-0.2, -0.15) is 0 Å². The monoisotopic (exact) mass is 243 g/mol. The molecule has 0 aromatic heterocycles. The van der Waals surface area contributed by atoms with Gasteiger partial charge in [0.2, 0.25) is 0 Å². The molecule has 1 saturated carbocycles. The summed E-state index contributed by atoms with van der Waals surface area (Å²) < 4.78 is 0. The molecule has 1 aromatic carbocycles. The average Bonchev–Trinajstić information content (AvgIpc) is 2.47. The molecule has 0 bridgehead atoms. The van der Waals surface area contributed by atoms with Crippen LogP contribution in [0.3, 0.4) is 0 Å². The number of carbonyl (C=O) groups is 1. The van der Waals surface area contributed by atoms with Gasteiger partial charge >= 0.3 is 0 Å². The van der Waals surface area contributed by atoms with Crippen molar-refractivity contribution in [1.29, 1.82) is 0 Å². The first-order valence-electron chi connectivity index (χ1n) is 7.25. The normalized spacial score (nSPS) is 20.0. The maximum atomic E-state index is 12.5. The van der Waals surface area contributed by atoms with E-state index < -0.39 is 0 Å². The maximum Gasteiger partial charge on any atom is 0.165 e. The van der Waals surface area contributed by atoms with E-state index in [4.69, 9.17) is 0 Å². The van der Waals surface area contributed by atoms with Crippen LogP contribution in [0.1, 0.15) is 54.4 Å². The lowest BCUT2D eigenvalue weighted by Gasteiger charge is -2.22. The van der Waals surface area contributed by atoms with E-state index in [2.05, 4.69) is 17.4 Å². The Morgan fingerprint density at radius 3 is 2.78 bits per heavy atom. The average molecular weight is 243 g/mol. The number of rotatable bonds is 2. The van der Waals surface area contributed by atoms with Gasteiger partial charge in [0.25, 0.3) is 0 Å². The predicted octanol–water partition coefficient (Wildman–Crippen LogP) is 3.81. The van der Waals surface area contributed by atoms with E-state index in [1.807, 2.05) is 6.07 Å². The molecule has 1 fully saturated rings. The molecule has 1 aromatic rings. The van der Waals surface area contributed by atoms with Crippen LogP contribution in [0, 0.1) is 5.92 Å². The molecule has 2 nitrogen and oxygen atoms in total. The molecule has 1 heterocycles. The largest absolute Gasteiger partial charge is 0.385 e. The summed E-state index contributed by atoms with van der Waals surface area (Å²) in [6, 6.07) is 6.22. The quantitative estimate of drug-likeness (QED) is 0.800. The SMILES string of the molecule is O=C(c1ccc2c(c1)CCCN2)C1CCCCC1. The van der Waals surface area contributed by atoms with Crippen molar-refractivity contribution in [3.63, 3.8) is 0 Å². The standard InChI is InChI=1S/C16H21NO/c18-16(12-5-2-1-3-6-12)14-8-9-15-13(11-14)7-4-10-17-15/h8-9,11-12,17H,1-7,10H2. The Kier molecular flexibility index (Phi) is 3.35. The van der Waals surface area contributed by atoms with Gasteiger partial charge in [0, 0.05) is 23.7 Å². The number of nitrogens with one attached hydrogen (secondary N) is 1. The predicted molar refractivity (Wildman–Crippen MR) is 74.2 cm³/mol. The molecule has 0 spiro atoms. The first-order valence-corrected chi connectivity index (χ1v) is 7.25. The molecular formula is C16H21NO. The zero-order valence-corrected chi connectivity index (χ0v) is 10.9. The van der Waals surface area contributed by atoms with Crippen LogP contribution < -0.4 is 5.32 Å². The van der Waals surface area contributed by atoms with E-state index in [9.17, 15) is 4.79 Å². The third-order valence-corrected chi connectivity index (χ3v) is 4.30. The number of anilines is 1. The van der Waals surface area contributed by atoms with Crippen LogP contribution in [0.5, 0.6) is 0 Å². The molecule has 0 atom stereocenters. The molecule has 1 aliphatic heterocycles. The Morgan fingerprint density at radius 1 is 1.11 bits per heavy atom. The molecule has 18 heavy (non-hydrogen) atoms. The summed E-state index contributed by atoms with van der Waals surface area (Å²) in [6.07, 6.45) is 8.22. The van der Waals surface area contributed by atoms with Gasteiger partial charge in [0.15, 0.2) is 5.78 Å². The lowest BCUT2D eigenvalue weighted by molar-refractivity contribution is 0.0889. The van der Waals surface area contributed by atoms with Crippen molar-refractivity contribution >= 4 is 11.5 Å². The zero-order chi connectivity index (χ0) is 12.4. The summed E-state index contributed by atoms with van der Waals surface area (Å²) in [7, 11) is 0. The first kappa shape index (κ1) is 11.8. The van der Waals surface area contributed by atoms with Crippen molar-refractivity contribution in [3.05, 3.63) is 29.3 Å². The fourth-order valence-corrected chi connectivity index (χ4v) is 3.23. The summed E-state index contributed by atoms with van der Waals surface area (Å²) in [5.74, 6) is 0.663. The van der Waals surface area contributed by atoms with Gasteiger partial charge in [-0.05, 0) is 49.4 Å². The van der Waals surface area contributed by atoms with Crippen LogP contribution in [0.4, 0.5) is 5.69 Å². The van der Waals surface area contributed by atoms with E-state index in [0.717, 1.165) is 31.4 Å².